The molecule has 0 amide bonds. The summed E-state index contributed by atoms with van der Waals surface area (Å²) < 4.78 is 6.75. The molecule has 24 heavy (non-hydrogen) atoms. The number of hydrogen-bond acceptors (Lipinski definition) is 4. The number of carbonyl (C=O) groups excluding carboxylic acids is 1. The molecule has 0 bridgehead atoms. The number of rotatable bonds is 5. The highest BCUT2D eigenvalue weighted by Crippen LogP contribution is 2.09. The third-order valence-corrected chi connectivity index (χ3v) is 3.87. The molecule has 0 spiro atoms. The molecule has 0 saturated heterocycles. The summed E-state index contributed by atoms with van der Waals surface area (Å²) in [6, 6.07) is 16.7. The molecule has 0 fully saturated rings. The van der Waals surface area contributed by atoms with Crippen LogP contribution in [-0.2, 0) is 29.6 Å². The van der Waals surface area contributed by atoms with Crippen LogP contribution in [0.1, 0.15) is 17.8 Å². The van der Waals surface area contributed by atoms with Gasteiger partial charge in [-0.3, -0.25) is 14.2 Å². The number of benzene rings is 2. The van der Waals surface area contributed by atoms with Gasteiger partial charge in [0.2, 0.25) is 0 Å². The predicted molar refractivity (Wildman–Crippen MR) is 91.5 cm³/mol. The molecular formula is C19H18N2O3. The molecule has 3 rings (SSSR count). The molecule has 0 N–H and O–H groups in total. The minimum atomic E-state index is -0.304. The fourth-order valence-electron chi connectivity index (χ4n) is 2.51. The molecular weight excluding hydrogens is 304 g/mol. The van der Waals surface area contributed by atoms with Gasteiger partial charge in [0.05, 0.1) is 17.3 Å². The smallest absolute Gasteiger partial charge is 0.306 e. The van der Waals surface area contributed by atoms with Crippen LogP contribution in [-0.4, -0.2) is 15.5 Å². The zero-order valence-corrected chi connectivity index (χ0v) is 13.4. The molecule has 0 aliphatic carbocycles. The van der Waals surface area contributed by atoms with E-state index in [1.807, 2.05) is 42.5 Å². The summed E-state index contributed by atoms with van der Waals surface area (Å²) in [4.78, 5) is 28.7. The van der Waals surface area contributed by atoms with Crippen LogP contribution >= 0.6 is 0 Å². The largest absolute Gasteiger partial charge is 0.461 e. The third kappa shape index (κ3) is 3.51. The average Bonchev–Trinajstić information content (AvgIpc) is 2.62. The van der Waals surface area contributed by atoms with E-state index in [0.29, 0.717) is 23.1 Å². The quantitative estimate of drug-likeness (QED) is 0.678. The maximum absolute atomic E-state index is 12.3. The van der Waals surface area contributed by atoms with Gasteiger partial charge in [0.15, 0.2) is 0 Å². The van der Waals surface area contributed by atoms with Crippen molar-refractivity contribution in [1.82, 2.24) is 9.55 Å². The van der Waals surface area contributed by atoms with E-state index in [1.54, 1.807) is 19.2 Å². The Morgan fingerprint density at radius 1 is 1.08 bits per heavy atom. The Labute approximate surface area is 139 Å². The van der Waals surface area contributed by atoms with E-state index in [4.69, 9.17) is 4.74 Å². The van der Waals surface area contributed by atoms with Gasteiger partial charge in [-0.15, -0.1) is 0 Å². The number of nitrogens with zero attached hydrogens (tertiary/aromatic N) is 2. The van der Waals surface area contributed by atoms with Crippen LogP contribution in [0.5, 0.6) is 0 Å². The standard InChI is InChI=1S/C19H18N2O3/c1-21-17(20-16-10-6-5-9-15(16)19(21)23)11-12-18(22)24-13-14-7-3-2-4-8-14/h2-10H,11-13H2,1H3. The molecule has 0 unspecified atom stereocenters. The second kappa shape index (κ2) is 7.08. The fraction of sp³-hybridized carbons (Fsp3) is 0.211. The van der Waals surface area contributed by atoms with Gasteiger partial charge in [-0.05, 0) is 17.7 Å². The van der Waals surface area contributed by atoms with Gasteiger partial charge in [-0.25, -0.2) is 4.98 Å². The summed E-state index contributed by atoms with van der Waals surface area (Å²) in [6.45, 7) is 0.254. The van der Waals surface area contributed by atoms with Gasteiger partial charge < -0.3 is 4.74 Å². The van der Waals surface area contributed by atoms with Gasteiger partial charge in [-0.1, -0.05) is 42.5 Å². The van der Waals surface area contributed by atoms with Crippen molar-refractivity contribution >= 4 is 16.9 Å². The van der Waals surface area contributed by atoms with Crippen LogP contribution in [0.4, 0.5) is 0 Å². The van der Waals surface area contributed by atoms with E-state index in [9.17, 15) is 9.59 Å². The summed E-state index contributed by atoms with van der Waals surface area (Å²) in [5, 5.41) is 0.579. The molecule has 3 aromatic rings. The Hall–Kier alpha value is -2.95. The Balaban J connectivity index is 1.66. The molecule has 0 atom stereocenters. The Morgan fingerprint density at radius 2 is 1.79 bits per heavy atom. The number of para-hydroxylation sites is 1. The average molecular weight is 322 g/mol. The monoisotopic (exact) mass is 322 g/mol. The van der Waals surface area contributed by atoms with Crippen LogP contribution in [0.2, 0.25) is 0 Å². The van der Waals surface area contributed by atoms with E-state index < -0.39 is 0 Å². The van der Waals surface area contributed by atoms with E-state index in [1.165, 1.54) is 4.57 Å². The van der Waals surface area contributed by atoms with Gasteiger partial charge in [-0.2, -0.15) is 0 Å². The van der Waals surface area contributed by atoms with Crippen molar-refractivity contribution in [3.8, 4) is 0 Å². The first-order valence-electron chi connectivity index (χ1n) is 7.79. The van der Waals surface area contributed by atoms with Crippen molar-refractivity contribution in [2.24, 2.45) is 7.05 Å². The number of fused-ring (bicyclic) bond motifs is 1. The minimum absolute atomic E-state index is 0.103. The number of aromatic nitrogens is 2. The van der Waals surface area contributed by atoms with Crippen LogP contribution < -0.4 is 5.56 Å². The Morgan fingerprint density at radius 3 is 2.58 bits per heavy atom. The lowest BCUT2D eigenvalue weighted by Crippen LogP contribution is -2.23. The Bertz CT molecular complexity index is 917. The maximum Gasteiger partial charge on any atom is 0.306 e. The van der Waals surface area contributed by atoms with Crippen molar-refractivity contribution in [1.29, 1.82) is 0 Å². The van der Waals surface area contributed by atoms with Crippen LogP contribution in [0, 0.1) is 0 Å². The molecule has 0 saturated carbocycles. The van der Waals surface area contributed by atoms with E-state index in [-0.39, 0.29) is 24.6 Å². The van der Waals surface area contributed by atoms with Gasteiger partial charge in [0.1, 0.15) is 12.4 Å². The number of hydrogen-bond donors (Lipinski definition) is 0. The third-order valence-electron chi connectivity index (χ3n) is 3.87. The second-order valence-corrected chi connectivity index (χ2v) is 5.56. The van der Waals surface area contributed by atoms with Gasteiger partial charge >= 0.3 is 5.97 Å². The number of aryl methyl sites for hydroxylation is 1. The molecule has 0 aliphatic heterocycles. The zero-order valence-electron chi connectivity index (χ0n) is 13.4. The minimum Gasteiger partial charge on any atom is -0.461 e. The summed E-state index contributed by atoms with van der Waals surface area (Å²) in [5.74, 6) is 0.275. The van der Waals surface area contributed by atoms with E-state index in [0.717, 1.165) is 5.56 Å². The lowest BCUT2D eigenvalue weighted by atomic mass is 10.2. The van der Waals surface area contributed by atoms with Gasteiger partial charge in [0.25, 0.3) is 5.56 Å². The summed E-state index contributed by atoms with van der Waals surface area (Å²) in [5.41, 5.74) is 1.49. The lowest BCUT2D eigenvalue weighted by molar-refractivity contribution is -0.144. The van der Waals surface area contributed by atoms with E-state index in [2.05, 4.69) is 4.98 Å². The van der Waals surface area contributed by atoms with Crippen LogP contribution in [0.3, 0.4) is 0 Å². The van der Waals surface area contributed by atoms with Crippen LogP contribution in [0.15, 0.2) is 59.4 Å². The maximum atomic E-state index is 12.3. The second-order valence-electron chi connectivity index (χ2n) is 5.56. The van der Waals surface area contributed by atoms with Crippen LogP contribution in [0.25, 0.3) is 10.9 Å². The molecule has 2 aromatic carbocycles. The van der Waals surface area contributed by atoms with Crippen molar-refractivity contribution in [2.75, 3.05) is 0 Å². The first-order valence-corrected chi connectivity index (χ1v) is 7.79. The SMILES string of the molecule is Cn1c(CCC(=O)OCc2ccccc2)nc2ccccc2c1=O. The zero-order chi connectivity index (χ0) is 16.9. The fourth-order valence-corrected chi connectivity index (χ4v) is 2.51. The summed E-state index contributed by atoms with van der Waals surface area (Å²) in [6.07, 6.45) is 0.551. The lowest BCUT2D eigenvalue weighted by Gasteiger charge is -2.09. The first kappa shape index (κ1) is 15.9. The van der Waals surface area contributed by atoms with Gasteiger partial charge in [0, 0.05) is 13.5 Å². The van der Waals surface area contributed by atoms with Crippen molar-refractivity contribution in [3.05, 3.63) is 76.3 Å². The molecule has 0 aliphatic rings. The Kier molecular flexibility index (Phi) is 4.70. The number of carbonyl (C=O) groups is 1. The highest BCUT2D eigenvalue weighted by Gasteiger charge is 2.10. The van der Waals surface area contributed by atoms with Crippen molar-refractivity contribution < 1.29 is 9.53 Å². The number of ether oxygens (including phenoxy) is 1. The molecule has 5 nitrogen and oxygen atoms in total. The summed E-state index contributed by atoms with van der Waals surface area (Å²) in [7, 11) is 1.67. The topological polar surface area (TPSA) is 61.2 Å². The molecule has 122 valence electrons. The van der Waals surface area contributed by atoms with Crippen molar-refractivity contribution in [3.63, 3.8) is 0 Å². The molecule has 5 heteroatoms. The number of esters is 1. The van der Waals surface area contributed by atoms with Crippen molar-refractivity contribution in [2.45, 2.75) is 19.4 Å². The first-order chi connectivity index (χ1) is 11.6. The highest BCUT2D eigenvalue weighted by atomic mass is 16.5. The summed E-state index contributed by atoms with van der Waals surface area (Å²) >= 11 is 0. The molecule has 0 radical (unpaired) electrons. The molecule has 1 aromatic heterocycles. The molecule has 1 heterocycles. The normalized spacial score (nSPS) is 10.7. The predicted octanol–water partition coefficient (Wildman–Crippen LogP) is 2.61. The highest BCUT2D eigenvalue weighted by molar-refractivity contribution is 5.77. The van der Waals surface area contributed by atoms with E-state index >= 15 is 0 Å².